The van der Waals surface area contributed by atoms with Crippen molar-refractivity contribution in [1.82, 2.24) is 0 Å². The van der Waals surface area contributed by atoms with Crippen molar-refractivity contribution in [3.63, 3.8) is 0 Å². The summed E-state index contributed by atoms with van der Waals surface area (Å²) in [4.78, 5) is 20.3. The maximum Gasteiger partial charge on any atom is 0.310 e. The van der Waals surface area contributed by atoms with E-state index in [0.717, 1.165) is 18.2 Å². The van der Waals surface area contributed by atoms with Gasteiger partial charge in [-0.15, -0.1) is 0 Å². The molecule has 0 radical (unpaired) electrons. The van der Waals surface area contributed by atoms with E-state index in [1.54, 1.807) is 6.92 Å². The number of carbonyl (C=O) groups excluding carboxylic acids is 1. The van der Waals surface area contributed by atoms with Crippen LogP contribution in [0.5, 0.6) is 5.75 Å². The fourth-order valence-electron chi connectivity index (χ4n) is 0.899. The molecule has 0 fully saturated rings. The summed E-state index contributed by atoms with van der Waals surface area (Å²) in [7, 11) is 0. The van der Waals surface area contributed by atoms with Gasteiger partial charge in [0.1, 0.15) is 5.75 Å². The highest BCUT2D eigenvalue weighted by atomic mass is 19.1. The van der Waals surface area contributed by atoms with Gasteiger partial charge >= 0.3 is 11.7 Å². The molecule has 5 nitrogen and oxygen atoms in total. The van der Waals surface area contributed by atoms with Gasteiger partial charge in [-0.25, -0.2) is 0 Å². The van der Waals surface area contributed by atoms with E-state index in [1.165, 1.54) is 0 Å². The summed E-state index contributed by atoms with van der Waals surface area (Å²) in [6.45, 7) is 1.58. The molecule has 0 saturated carbocycles. The third kappa shape index (κ3) is 2.73. The van der Waals surface area contributed by atoms with Gasteiger partial charge in [0, 0.05) is 6.42 Å². The number of nitro benzene ring substituents is 1. The van der Waals surface area contributed by atoms with Crippen molar-refractivity contribution in [3.05, 3.63) is 34.1 Å². The van der Waals surface area contributed by atoms with E-state index in [1.807, 2.05) is 0 Å². The van der Waals surface area contributed by atoms with E-state index < -0.39 is 22.4 Å². The largest absolute Gasteiger partial charge is 0.426 e. The first kappa shape index (κ1) is 11.1. The zero-order valence-corrected chi connectivity index (χ0v) is 7.90. The highest BCUT2D eigenvalue weighted by Crippen LogP contribution is 2.23. The molecule has 80 valence electrons. The van der Waals surface area contributed by atoms with Gasteiger partial charge in [-0.1, -0.05) is 6.92 Å². The Bertz CT molecular complexity index is 405. The van der Waals surface area contributed by atoms with E-state index in [-0.39, 0.29) is 12.2 Å². The third-order valence-electron chi connectivity index (χ3n) is 1.63. The molecule has 0 bridgehead atoms. The minimum Gasteiger partial charge on any atom is -0.426 e. The van der Waals surface area contributed by atoms with Crippen LogP contribution in [0.25, 0.3) is 0 Å². The number of esters is 1. The molecule has 1 rings (SSSR count). The summed E-state index contributed by atoms with van der Waals surface area (Å²) in [6.07, 6.45) is 0.144. The van der Waals surface area contributed by atoms with Gasteiger partial charge in [-0.2, -0.15) is 4.39 Å². The molecule has 0 heterocycles. The molecule has 0 saturated heterocycles. The first-order chi connectivity index (χ1) is 7.04. The van der Waals surface area contributed by atoms with Crippen molar-refractivity contribution in [2.75, 3.05) is 0 Å². The predicted octanol–water partition coefficient (Wildman–Crippen LogP) is 2.05. The number of carbonyl (C=O) groups is 1. The Labute approximate surface area is 84.6 Å². The molecule has 6 heteroatoms. The quantitative estimate of drug-likeness (QED) is 0.333. The molecule has 0 aliphatic heterocycles. The summed E-state index contributed by atoms with van der Waals surface area (Å²) in [6, 6.07) is 2.93. The molecular formula is C9H8FNO4. The Morgan fingerprint density at radius 2 is 2.27 bits per heavy atom. The topological polar surface area (TPSA) is 69.4 Å². The van der Waals surface area contributed by atoms with Gasteiger partial charge in [0.25, 0.3) is 0 Å². The van der Waals surface area contributed by atoms with Crippen LogP contribution in [0.3, 0.4) is 0 Å². The zero-order valence-electron chi connectivity index (χ0n) is 7.90. The van der Waals surface area contributed by atoms with E-state index in [4.69, 9.17) is 4.74 Å². The monoisotopic (exact) mass is 213 g/mol. The van der Waals surface area contributed by atoms with Crippen LogP contribution in [0.1, 0.15) is 13.3 Å². The van der Waals surface area contributed by atoms with Crippen molar-refractivity contribution in [3.8, 4) is 5.75 Å². The minimum absolute atomic E-state index is 0.0325. The van der Waals surface area contributed by atoms with Gasteiger partial charge in [0.2, 0.25) is 5.82 Å². The Hall–Kier alpha value is -1.98. The summed E-state index contributed by atoms with van der Waals surface area (Å²) >= 11 is 0. The van der Waals surface area contributed by atoms with Gasteiger partial charge in [0.05, 0.1) is 11.0 Å². The van der Waals surface area contributed by atoms with Crippen LogP contribution in [0.2, 0.25) is 0 Å². The second-order valence-electron chi connectivity index (χ2n) is 2.70. The summed E-state index contributed by atoms with van der Waals surface area (Å²) in [5.74, 6) is -1.53. The van der Waals surface area contributed by atoms with E-state index >= 15 is 0 Å². The maximum absolute atomic E-state index is 12.9. The Balaban J connectivity index is 2.97. The number of hydrogen-bond donors (Lipinski definition) is 0. The predicted molar refractivity (Wildman–Crippen MR) is 49.0 cm³/mol. The van der Waals surface area contributed by atoms with Gasteiger partial charge in [-0.05, 0) is 12.1 Å². The highest BCUT2D eigenvalue weighted by molar-refractivity contribution is 5.72. The lowest BCUT2D eigenvalue weighted by molar-refractivity contribution is -0.387. The number of hydrogen-bond acceptors (Lipinski definition) is 4. The van der Waals surface area contributed by atoms with Gasteiger partial charge in [-0.3, -0.25) is 14.9 Å². The highest BCUT2D eigenvalue weighted by Gasteiger charge is 2.15. The molecule has 1 aromatic rings. The van der Waals surface area contributed by atoms with Crippen LogP contribution in [-0.2, 0) is 4.79 Å². The van der Waals surface area contributed by atoms with Crippen molar-refractivity contribution in [1.29, 1.82) is 0 Å². The number of rotatable bonds is 3. The number of halogens is 1. The Kier molecular flexibility index (Phi) is 3.33. The van der Waals surface area contributed by atoms with Crippen LogP contribution < -0.4 is 4.74 Å². The fraction of sp³-hybridized carbons (Fsp3) is 0.222. The standard InChI is InChI=1S/C9H8FNO4/c1-2-9(12)15-6-3-4-7(10)8(5-6)11(13)14/h3-5H,2H2,1H3. The average Bonchev–Trinajstić information content (AvgIpc) is 2.20. The molecule has 0 N–H and O–H groups in total. The molecule has 15 heavy (non-hydrogen) atoms. The lowest BCUT2D eigenvalue weighted by Gasteiger charge is -2.02. The SMILES string of the molecule is CCC(=O)Oc1ccc(F)c([N+](=O)[O-])c1. The first-order valence-electron chi connectivity index (χ1n) is 4.19. The number of ether oxygens (including phenoxy) is 1. The summed E-state index contributed by atoms with van der Waals surface area (Å²) in [5, 5.41) is 10.4. The van der Waals surface area contributed by atoms with Crippen molar-refractivity contribution >= 4 is 11.7 Å². The second kappa shape index (κ2) is 4.50. The van der Waals surface area contributed by atoms with E-state index in [9.17, 15) is 19.3 Å². The van der Waals surface area contributed by atoms with E-state index in [2.05, 4.69) is 0 Å². The molecule has 0 spiro atoms. The fourth-order valence-corrected chi connectivity index (χ4v) is 0.899. The van der Waals surface area contributed by atoms with Crippen molar-refractivity contribution in [2.45, 2.75) is 13.3 Å². The van der Waals surface area contributed by atoms with E-state index in [0.29, 0.717) is 0 Å². The molecule has 0 aromatic heterocycles. The Morgan fingerprint density at radius 1 is 1.60 bits per heavy atom. The zero-order chi connectivity index (χ0) is 11.4. The van der Waals surface area contributed by atoms with Crippen molar-refractivity contribution < 1.29 is 18.8 Å². The molecule has 0 atom stereocenters. The van der Waals surface area contributed by atoms with Gasteiger partial charge in [0.15, 0.2) is 0 Å². The lowest BCUT2D eigenvalue weighted by Crippen LogP contribution is -2.06. The number of nitro groups is 1. The van der Waals surface area contributed by atoms with Crippen LogP contribution in [-0.4, -0.2) is 10.9 Å². The lowest BCUT2D eigenvalue weighted by atomic mass is 10.3. The maximum atomic E-state index is 12.9. The normalized spacial score (nSPS) is 9.73. The number of nitrogens with zero attached hydrogens (tertiary/aromatic N) is 1. The summed E-state index contributed by atoms with van der Waals surface area (Å²) < 4.78 is 17.6. The van der Waals surface area contributed by atoms with Crippen LogP contribution >= 0.6 is 0 Å². The molecule has 1 aromatic carbocycles. The summed E-state index contributed by atoms with van der Waals surface area (Å²) in [5.41, 5.74) is -0.712. The minimum atomic E-state index is -0.962. The third-order valence-corrected chi connectivity index (χ3v) is 1.63. The second-order valence-corrected chi connectivity index (χ2v) is 2.70. The van der Waals surface area contributed by atoms with Crippen LogP contribution in [0.4, 0.5) is 10.1 Å². The van der Waals surface area contributed by atoms with Crippen LogP contribution in [0.15, 0.2) is 18.2 Å². The first-order valence-corrected chi connectivity index (χ1v) is 4.19. The number of benzene rings is 1. The molecule has 0 unspecified atom stereocenters. The molecular weight excluding hydrogens is 205 g/mol. The Morgan fingerprint density at radius 3 is 2.80 bits per heavy atom. The molecule has 0 amide bonds. The van der Waals surface area contributed by atoms with Gasteiger partial charge < -0.3 is 4.74 Å². The smallest absolute Gasteiger partial charge is 0.310 e. The van der Waals surface area contributed by atoms with Crippen LogP contribution in [0, 0.1) is 15.9 Å². The average molecular weight is 213 g/mol. The van der Waals surface area contributed by atoms with Crippen molar-refractivity contribution in [2.24, 2.45) is 0 Å². The molecule has 0 aliphatic carbocycles. The molecule has 0 aliphatic rings.